The monoisotopic (exact) mass is 302 g/mol. The highest BCUT2D eigenvalue weighted by Gasteiger charge is 2.42. The van der Waals surface area contributed by atoms with Gasteiger partial charge in [0.25, 0.3) is 0 Å². The third-order valence-electron chi connectivity index (χ3n) is 4.06. The van der Waals surface area contributed by atoms with Gasteiger partial charge >= 0.3 is 5.51 Å². The van der Waals surface area contributed by atoms with Crippen molar-refractivity contribution < 1.29 is 13.2 Å². The van der Waals surface area contributed by atoms with E-state index in [1.807, 2.05) is 6.07 Å². The molecule has 1 aromatic carbocycles. The number of benzene rings is 1. The van der Waals surface area contributed by atoms with Gasteiger partial charge in [-0.2, -0.15) is 13.2 Å². The summed E-state index contributed by atoms with van der Waals surface area (Å²) in [6.07, 6.45) is 1.19. The third kappa shape index (κ3) is 3.30. The molecule has 1 aromatic rings. The van der Waals surface area contributed by atoms with E-state index in [2.05, 4.69) is 10.2 Å². The van der Waals surface area contributed by atoms with Crippen molar-refractivity contribution in [3.63, 3.8) is 0 Å². The highest BCUT2D eigenvalue weighted by atomic mass is 32.2. The third-order valence-corrected chi connectivity index (χ3v) is 4.78. The topological polar surface area (TPSA) is 15.3 Å². The first-order valence-electron chi connectivity index (χ1n) is 6.72. The van der Waals surface area contributed by atoms with Crippen molar-refractivity contribution in [1.82, 2.24) is 10.2 Å². The van der Waals surface area contributed by atoms with E-state index in [-0.39, 0.29) is 16.7 Å². The van der Waals surface area contributed by atoms with E-state index in [0.717, 1.165) is 38.3 Å². The molecule has 20 heavy (non-hydrogen) atoms. The van der Waals surface area contributed by atoms with Crippen LogP contribution in [0.2, 0.25) is 0 Å². The summed E-state index contributed by atoms with van der Waals surface area (Å²) < 4.78 is 37.1. The lowest BCUT2D eigenvalue weighted by Crippen LogP contribution is -2.54. The van der Waals surface area contributed by atoms with Crippen molar-refractivity contribution in [2.24, 2.45) is 5.41 Å². The standard InChI is InChI=1S/C14H17F3N2S/c15-14(16,17)20-12-3-1-2-11(6-12)7-19-5-4-13(10-19)8-18-9-13/h1-3,6,18H,4-5,7-10H2. The number of thioether (sulfide) groups is 1. The van der Waals surface area contributed by atoms with Crippen molar-refractivity contribution in [2.75, 3.05) is 26.2 Å². The van der Waals surface area contributed by atoms with Crippen LogP contribution in [0, 0.1) is 5.41 Å². The summed E-state index contributed by atoms with van der Waals surface area (Å²) in [6, 6.07) is 6.79. The van der Waals surface area contributed by atoms with Gasteiger partial charge in [-0.25, -0.2) is 0 Å². The van der Waals surface area contributed by atoms with E-state index >= 15 is 0 Å². The van der Waals surface area contributed by atoms with Crippen LogP contribution in [-0.2, 0) is 6.54 Å². The largest absolute Gasteiger partial charge is 0.446 e. The molecule has 0 amide bonds. The van der Waals surface area contributed by atoms with Crippen LogP contribution in [0.3, 0.4) is 0 Å². The minimum absolute atomic E-state index is 0.0402. The van der Waals surface area contributed by atoms with E-state index in [4.69, 9.17) is 0 Å². The molecule has 2 nitrogen and oxygen atoms in total. The minimum atomic E-state index is -4.21. The van der Waals surface area contributed by atoms with Crippen LogP contribution < -0.4 is 5.32 Å². The van der Waals surface area contributed by atoms with Gasteiger partial charge < -0.3 is 5.32 Å². The highest BCUT2D eigenvalue weighted by molar-refractivity contribution is 8.00. The van der Waals surface area contributed by atoms with Crippen LogP contribution in [0.25, 0.3) is 0 Å². The average Bonchev–Trinajstić information content (AvgIpc) is 2.71. The highest BCUT2D eigenvalue weighted by Crippen LogP contribution is 2.38. The molecule has 0 radical (unpaired) electrons. The molecule has 6 heteroatoms. The van der Waals surface area contributed by atoms with Gasteiger partial charge in [0.05, 0.1) is 0 Å². The predicted molar refractivity (Wildman–Crippen MR) is 73.6 cm³/mol. The molecule has 2 saturated heterocycles. The van der Waals surface area contributed by atoms with E-state index < -0.39 is 5.51 Å². The van der Waals surface area contributed by atoms with Gasteiger partial charge in [-0.3, -0.25) is 4.90 Å². The first kappa shape index (κ1) is 14.2. The second kappa shape index (κ2) is 5.24. The number of hydrogen-bond acceptors (Lipinski definition) is 3. The molecule has 0 aliphatic carbocycles. The number of hydrogen-bond donors (Lipinski definition) is 1. The Kier molecular flexibility index (Phi) is 3.73. The summed E-state index contributed by atoms with van der Waals surface area (Å²) >= 11 is -0.0402. The summed E-state index contributed by atoms with van der Waals surface area (Å²) in [5.74, 6) is 0. The molecule has 2 fully saturated rings. The van der Waals surface area contributed by atoms with E-state index in [0.29, 0.717) is 5.41 Å². The minimum Gasteiger partial charge on any atom is -0.315 e. The molecular formula is C14H17F3N2S. The molecule has 0 saturated carbocycles. The van der Waals surface area contributed by atoms with Crippen molar-refractivity contribution in [2.45, 2.75) is 23.4 Å². The SMILES string of the molecule is FC(F)(F)Sc1cccc(CN2CCC3(CNC3)C2)c1. The van der Waals surface area contributed by atoms with Gasteiger partial charge in [0.15, 0.2) is 0 Å². The van der Waals surface area contributed by atoms with E-state index in [1.165, 1.54) is 12.5 Å². The van der Waals surface area contributed by atoms with Gasteiger partial charge in [0, 0.05) is 36.5 Å². The Bertz CT molecular complexity index is 486. The Balaban J connectivity index is 1.61. The second-order valence-corrected chi connectivity index (χ2v) is 6.90. The van der Waals surface area contributed by atoms with Crippen LogP contribution in [0.5, 0.6) is 0 Å². The maximum absolute atomic E-state index is 12.4. The predicted octanol–water partition coefficient (Wildman–Crippen LogP) is 3.09. The van der Waals surface area contributed by atoms with Gasteiger partial charge in [-0.1, -0.05) is 12.1 Å². The molecule has 0 bridgehead atoms. The fraction of sp³-hybridized carbons (Fsp3) is 0.571. The van der Waals surface area contributed by atoms with Crippen molar-refractivity contribution in [3.05, 3.63) is 29.8 Å². The van der Waals surface area contributed by atoms with Gasteiger partial charge in [-0.05, 0) is 42.4 Å². The second-order valence-electron chi connectivity index (χ2n) is 5.76. The summed E-state index contributed by atoms with van der Waals surface area (Å²) in [5.41, 5.74) is -2.82. The van der Waals surface area contributed by atoms with Crippen molar-refractivity contribution in [1.29, 1.82) is 0 Å². The fourth-order valence-corrected chi connectivity index (χ4v) is 3.65. The normalized spacial score (nSPS) is 22.1. The smallest absolute Gasteiger partial charge is 0.315 e. The lowest BCUT2D eigenvalue weighted by atomic mass is 9.81. The molecule has 2 aliphatic heterocycles. The average molecular weight is 302 g/mol. The maximum Gasteiger partial charge on any atom is 0.446 e. The number of nitrogens with zero attached hydrogens (tertiary/aromatic N) is 1. The Hall–Kier alpha value is -0.720. The van der Waals surface area contributed by atoms with Crippen LogP contribution in [0.4, 0.5) is 13.2 Å². The molecule has 1 N–H and O–H groups in total. The first-order valence-corrected chi connectivity index (χ1v) is 7.54. The lowest BCUT2D eigenvalue weighted by Gasteiger charge is -2.39. The van der Waals surface area contributed by atoms with Gasteiger partial charge in [0.1, 0.15) is 0 Å². The van der Waals surface area contributed by atoms with Crippen molar-refractivity contribution >= 4 is 11.8 Å². The number of nitrogens with one attached hydrogen (secondary N) is 1. The van der Waals surface area contributed by atoms with Crippen LogP contribution in [0.1, 0.15) is 12.0 Å². The molecular weight excluding hydrogens is 285 g/mol. The number of likely N-dealkylation sites (tertiary alicyclic amines) is 1. The molecule has 0 aromatic heterocycles. The summed E-state index contributed by atoms with van der Waals surface area (Å²) in [7, 11) is 0. The zero-order valence-electron chi connectivity index (χ0n) is 11.0. The van der Waals surface area contributed by atoms with E-state index in [1.54, 1.807) is 12.1 Å². The van der Waals surface area contributed by atoms with Crippen molar-refractivity contribution in [3.8, 4) is 0 Å². The quantitative estimate of drug-likeness (QED) is 0.864. The Morgan fingerprint density at radius 3 is 2.70 bits per heavy atom. The zero-order valence-corrected chi connectivity index (χ0v) is 11.9. The Labute approximate surface area is 120 Å². The molecule has 2 aliphatic rings. The lowest BCUT2D eigenvalue weighted by molar-refractivity contribution is -0.0328. The summed E-state index contributed by atoms with van der Waals surface area (Å²) in [4.78, 5) is 2.62. The van der Waals surface area contributed by atoms with Crippen LogP contribution in [0.15, 0.2) is 29.2 Å². The summed E-state index contributed by atoms with van der Waals surface area (Å²) in [6.45, 7) is 4.99. The number of alkyl halides is 3. The number of rotatable bonds is 3. The van der Waals surface area contributed by atoms with Gasteiger partial charge in [-0.15, -0.1) is 0 Å². The number of halogens is 3. The van der Waals surface area contributed by atoms with Gasteiger partial charge in [0.2, 0.25) is 0 Å². The maximum atomic E-state index is 12.4. The molecule has 110 valence electrons. The molecule has 3 rings (SSSR count). The molecule has 2 heterocycles. The summed E-state index contributed by atoms with van der Waals surface area (Å²) in [5, 5.41) is 3.31. The molecule has 1 spiro atoms. The van der Waals surface area contributed by atoms with E-state index in [9.17, 15) is 13.2 Å². The fourth-order valence-electron chi connectivity index (χ4n) is 3.03. The van der Waals surface area contributed by atoms with Crippen LogP contribution >= 0.6 is 11.8 Å². The molecule has 0 atom stereocenters. The Morgan fingerprint density at radius 1 is 1.30 bits per heavy atom. The Morgan fingerprint density at radius 2 is 2.10 bits per heavy atom. The first-order chi connectivity index (χ1) is 9.44. The molecule has 0 unspecified atom stereocenters. The zero-order chi connectivity index (χ0) is 14.2. The van der Waals surface area contributed by atoms with Crippen LogP contribution in [-0.4, -0.2) is 36.6 Å².